The molecule has 0 unspecified atom stereocenters. The molecule has 102 valence electrons. The van der Waals surface area contributed by atoms with Gasteiger partial charge in [-0.25, -0.2) is 0 Å². The van der Waals surface area contributed by atoms with Crippen molar-refractivity contribution in [3.8, 4) is 5.75 Å². The van der Waals surface area contributed by atoms with Crippen LogP contribution in [0.3, 0.4) is 0 Å². The van der Waals surface area contributed by atoms with E-state index in [-0.39, 0.29) is 5.41 Å². The van der Waals surface area contributed by atoms with Crippen LogP contribution in [0.5, 0.6) is 5.75 Å². The topological polar surface area (TPSA) is 26.3 Å². The molecule has 0 aliphatic heterocycles. The normalized spacial score (nSPS) is 33.2. The highest BCUT2D eigenvalue weighted by Gasteiger charge is 2.44. The number of hydrogen-bond acceptors (Lipinski definition) is 2. The van der Waals surface area contributed by atoms with Gasteiger partial charge in [0.15, 0.2) is 0 Å². The zero-order valence-corrected chi connectivity index (χ0v) is 11.8. The lowest BCUT2D eigenvalue weighted by atomic mass is 9.58. The van der Waals surface area contributed by atoms with Gasteiger partial charge >= 0.3 is 0 Å². The Morgan fingerprint density at radius 3 is 2.89 bits per heavy atom. The number of hydrogen-bond donors (Lipinski definition) is 0. The standard InChI is InChI=1S/C17H22O2/c1-17(11-18)7-3-4-13-8-12-5-6-15(19-2)9-14(12)10-16(13)17/h5-6,9,11,13,16H,3-4,7-8,10H2,1-2H3/t13-,16-,17+/m1/s1. The summed E-state index contributed by atoms with van der Waals surface area (Å²) in [4.78, 5) is 11.5. The van der Waals surface area contributed by atoms with E-state index in [9.17, 15) is 4.79 Å². The molecule has 0 radical (unpaired) electrons. The fourth-order valence-electron chi connectivity index (χ4n) is 4.10. The van der Waals surface area contributed by atoms with Gasteiger partial charge in [-0.15, -0.1) is 0 Å². The molecule has 0 heterocycles. The summed E-state index contributed by atoms with van der Waals surface area (Å²) < 4.78 is 5.33. The van der Waals surface area contributed by atoms with E-state index in [1.54, 1.807) is 7.11 Å². The van der Waals surface area contributed by atoms with E-state index in [0.717, 1.165) is 25.0 Å². The molecule has 0 N–H and O–H groups in total. The summed E-state index contributed by atoms with van der Waals surface area (Å²) in [6.07, 6.45) is 6.91. The number of rotatable bonds is 2. The summed E-state index contributed by atoms with van der Waals surface area (Å²) in [7, 11) is 1.71. The predicted molar refractivity (Wildman–Crippen MR) is 75.4 cm³/mol. The molecule has 2 heteroatoms. The number of benzene rings is 1. The summed E-state index contributed by atoms with van der Waals surface area (Å²) in [5.41, 5.74) is 2.72. The molecule has 1 fully saturated rings. The fraction of sp³-hybridized carbons (Fsp3) is 0.588. The maximum absolute atomic E-state index is 11.5. The van der Waals surface area contributed by atoms with Crippen LogP contribution in [0.2, 0.25) is 0 Å². The zero-order valence-electron chi connectivity index (χ0n) is 11.8. The molecule has 0 saturated heterocycles. The minimum atomic E-state index is -0.121. The Kier molecular flexibility index (Phi) is 3.12. The van der Waals surface area contributed by atoms with Crippen LogP contribution in [0, 0.1) is 17.3 Å². The van der Waals surface area contributed by atoms with Gasteiger partial charge in [-0.1, -0.05) is 19.4 Å². The first-order chi connectivity index (χ1) is 9.16. The summed E-state index contributed by atoms with van der Waals surface area (Å²) in [6.45, 7) is 2.15. The molecule has 3 atom stereocenters. The van der Waals surface area contributed by atoms with Gasteiger partial charge in [0.2, 0.25) is 0 Å². The molecule has 1 aromatic carbocycles. The van der Waals surface area contributed by atoms with Gasteiger partial charge in [-0.3, -0.25) is 0 Å². The Morgan fingerprint density at radius 1 is 1.32 bits per heavy atom. The van der Waals surface area contributed by atoms with Crippen molar-refractivity contribution in [1.29, 1.82) is 0 Å². The van der Waals surface area contributed by atoms with Crippen LogP contribution in [0.4, 0.5) is 0 Å². The summed E-state index contributed by atoms with van der Waals surface area (Å²) in [6, 6.07) is 6.42. The molecule has 0 aromatic heterocycles. The van der Waals surface area contributed by atoms with Crippen molar-refractivity contribution in [2.45, 2.75) is 39.0 Å². The Morgan fingerprint density at radius 2 is 2.16 bits per heavy atom. The highest BCUT2D eigenvalue weighted by atomic mass is 16.5. The van der Waals surface area contributed by atoms with Gasteiger partial charge in [-0.2, -0.15) is 0 Å². The molecular formula is C17H22O2. The molecule has 0 amide bonds. The van der Waals surface area contributed by atoms with Gasteiger partial charge in [0, 0.05) is 5.41 Å². The second kappa shape index (κ2) is 4.66. The number of fused-ring (bicyclic) bond motifs is 2. The Balaban J connectivity index is 1.96. The lowest BCUT2D eigenvalue weighted by molar-refractivity contribution is -0.122. The number of ether oxygens (including phenoxy) is 1. The first-order valence-electron chi connectivity index (χ1n) is 7.28. The monoisotopic (exact) mass is 258 g/mol. The summed E-state index contributed by atoms with van der Waals surface area (Å²) in [5, 5.41) is 0. The lowest BCUT2D eigenvalue weighted by Crippen LogP contribution is -2.42. The minimum absolute atomic E-state index is 0.121. The van der Waals surface area contributed by atoms with Crippen LogP contribution in [0.1, 0.15) is 37.3 Å². The van der Waals surface area contributed by atoms with Gasteiger partial charge in [0.25, 0.3) is 0 Å². The number of carbonyl (C=O) groups excluding carboxylic acids is 1. The number of carbonyl (C=O) groups is 1. The average Bonchev–Trinajstić information content (AvgIpc) is 2.45. The third kappa shape index (κ3) is 2.07. The SMILES string of the molecule is COc1ccc2c(c1)C[C@@H]1[C@H](CCC[C@@]1(C)C=O)C2. The minimum Gasteiger partial charge on any atom is -0.497 e. The Hall–Kier alpha value is -1.31. The largest absolute Gasteiger partial charge is 0.497 e. The highest BCUT2D eigenvalue weighted by molar-refractivity contribution is 5.60. The van der Waals surface area contributed by atoms with Gasteiger partial charge in [0.05, 0.1) is 7.11 Å². The van der Waals surface area contributed by atoms with Crippen LogP contribution < -0.4 is 4.74 Å². The number of methoxy groups -OCH3 is 1. The first-order valence-corrected chi connectivity index (χ1v) is 7.28. The maximum atomic E-state index is 11.5. The quantitative estimate of drug-likeness (QED) is 0.760. The third-order valence-electron chi connectivity index (χ3n) is 5.31. The van der Waals surface area contributed by atoms with Crippen molar-refractivity contribution >= 4 is 6.29 Å². The fourth-order valence-corrected chi connectivity index (χ4v) is 4.10. The molecule has 2 aliphatic carbocycles. The van der Waals surface area contributed by atoms with E-state index >= 15 is 0 Å². The van der Waals surface area contributed by atoms with Gasteiger partial charge in [0.1, 0.15) is 12.0 Å². The Bertz CT molecular complexity index is 494. The van der Waals surface area contributed by atoms with E-state index in [4.69, 9.17) is 4.74 Å². The molecule has 1 aromatic rings. The lowest BCUT2D eigenvalue weighted by Gasteiger charge is -2.46. The molecular weight excluding hydrogens is 236 g/mol. The van der Waals surface area contributed by atoms with Crippen LogP contribution in [-0.4, -0.2) is 13.4 Å². The zero-order chi connectivity index (χ0) is 13.5. The third-order valence-corrected chi connectivity index (χ3v) is 5.31. The maximum Gasteiger partial charge on any atom is 0.126 e. The average molecular weight is 258 g/mol. The second-order valence-corrected chi connectivity index (χ2v) is 6.43. The van der Waals surface area contributed by atoms with Crippen molar-refractivity contribution in [3.63, 3.8) is 0 Å². The van der Waals surface area contributed by atoms with Crippen molar-refractivity contribution in [1.82, 2.24) is 0 Å². The molecule has 3 rings (SSSR count). The van der Waals surface area contributed by atoms with Crippen molar-refractivity contribution in [2.75, 3.05) is 7.11 Å². The van der Waals surface area contributed by atoms with Crippen LogP contribution in [0.25, 0.3) is 0 Å². The van der Waals surface area contributed by atoms with Crippen LogP contribution >= 0.6 is 0 Å². The predicted octanol–water partition coefficient (Wildman–Crippen LogP) is 3.42. The van der Waals surface area contributed by atoms with Crippen molar-refractivity contribution in [2.24, 2.45) is 17.3 Å². The molecule has 0 spiro atoms. The molecule has 0 bridgehead atoms. The highest BCUT2D eigenvalue weighted by Crippen LogP contribution is 2.49. The molecule has 2 nitrogen and oxygen atoms in total. The summed E-state index contributed by atoms with van der Waals surface area (Å²) >= 11 is 0. The van der Waals surface area contributed by atoms with E-state index in [1.807, 2.05) is 0 Å². The molecule has 1 saturated carbocycles. The summed E-state index contributed by atoms with van der Waals surface area (Å²) in [5.74, 6) is 2.13. The van der Waals surface area contributed by atoms with E-state index in [2.05, 4.69) is 25.1 Å². The van der Waals surface area contributed by atoms with Crippen LogP contribution in [-0.2, 0) is 17.6 Å². The van der Waals surface area contributed by atoms with E-state index < -0.39 is 0 Å². The second-order valence-electron chi connectivity index (χ2n) is 6.43. The Labute approximate surface area is 115 Å². The van der Waals surface area contributed by atoms with Gasteiger partial charge in [-0.05, 0) is 60.8 Å². The first kappa shape index (κ1) is 12.7. The number of aldehydes is 1. The van der Waals surface area contributed by atoms with Crippen LogP contribution in [0.15, 0.2) is 18.2 Å². The van der Waals surface area contributed by atoms with Crippen molar-refractivity contribution < 1.29 is 9.53 Å². The van der Waals surface area contributed by atoms with E-state index in [0.29, 0.717) is 11.8 Å². The smallest absolute Gasteiger partial charge is 0.126 e. The van der Waals surface area contributed by atoms with Gasteiger partial charge < -0.3 is 9.53 Å². The molecule has 2 aliphatic rings. The van der Waals surface area contributed by atoms with E-state index in [1.165, 1.54) is 30.3 Å². The molecule has 19 heavy (non-hydrogen) atoms. The van der Waals surface area contributed by atoms with Crippen molar-refractivity contribution in [3.05, 3.63) is 29.3 Å².